The van der Waals surface area contributed by atoms with E-state index in [1.807, 2.05) is 7.05 Å². The Morgan fingerprint density at radius 2 is 2.21 bits per heavy atom. The van der Waals surface area contributed by atoms with Gasteiger partial charge in [-0.1, -0.05) is 0 Å². The quantitative estimate of drug-likeness (QED) is 0.662. The molecule has 1 fully saturated rings. The Balaban J connectivity index is 2.25. The van der Waals surface area contributed by atoms with E-state index in [2.05, 4.69) is 4.90 Å². The van der Waals surface area contributed by atoms with Crippen molar-refractivity contribution in [2.24, 2.45) is 5.41 Å². The molecule has 0 heterocycles. The monoisotopic (exact) mass is 201 g/mol. The fraction of sp³-hybridized carbons (Fsp3) is 0.900. The molecule has 0 radical (unpaired) electrons. The van der Waals surface area contributed by atoms with E-state index in [0.29, 0.717) is 13.0 Å². The average molecular weight is 201 g/mol. The van der Waals surface area contributed by atoms with Crippen molar-refractivity contribution in [2.45, 2.75) is 19.3 Å². The SMILES string of the molecule is COCCN(C)CC1(CC(=O)O)CC1. The maximum atomic E-state index is 10.6. The predicted molar refractivity (Wildman–Crippen MR) is 53.3 cm³/mol. The second kappa shape index (κ2) is 4.75. The molecule has 0 aromatic carbocycles. The molecule has 1 rings (SSSR count). The van der Waals surface area contributed by atoms with Crippen LogP contribution in [-0.2, 0) is 9.53 Å². The van der Waals surface area contributed by atoms with Gasteiger partial charge in [0.25, 0.3) is 0 Å². The van der Waals surface area contributed by atoms with Gasteiger partial charge in [0.1, 0.15) is 0 Å². The van der Waals surface area contributed by atoms with Crippen LogP contribution in [0.5, 0.6) is 0 Å². The fourth-order valence-electron chi connectivity index (χ4n) is 1.79. The summed E-state index contributed by atoms with van der Waals surface area (Å²) in [7, 11) is 3.69. The van der Waals surface area contributed by atoms with Gasteiger partial charge in [-0.3, -0.25) is 4.79 Å². The van der Waals surface area contributed by atoms with Gasteiger partial charge in [-0.2, -0.15) is 0 Å². The largest absolute Gasteiger partial charge is 0.481 e. The predicted octanol–water partition coefficient (Wildman–Crippen LogP) is 0.819. The summed E-state index contributed by atoms with van der Waals surface area (Å²) >= 11 is 0. The molecule has 0 spiro atoms. The van der Waals surface area contributed by atoms with Gasteiger partial charge < -0.3 is 14.7 Å². The van der Waals surface area contributed by atoms with E-state index in [-0.39, 0.29) is 5.41 Å². The molecule has 1 N–H and O–H groups in total. The summed E-state index contributed by atoms with van der Waals surface area (Å²) < 4.78 is 4.97. The van der Waals surface area contributed by atoms with Gasteiger partial charge in [0.2, 0.25) is 0 Å². The van der Waals surface area contributed by atoms with E-state index >= 15 is 0 Å². The number of rotatable bonds is 7. The summed E-state index contributed by atoms with van der Waals surface area (Å²) in [5.74, 6) is -0.678. The smallest absolute Gasteiger partial charge is 0.303 e. The topological polar surface area (TPSA) is 49.8 Å². The van der Waals surface area contributed by atoms with Crippen LogP contribution < -0.4 is 0 Å². The Hall–Kier alpha value is -0.610. The molecule has 4 heteroatoms. The molecular formula is C10H19NO3. The van der Waals surface area contributed by atoms with Crippen LogP contribution in [0.2, 0.25) is 0 Å². The molecule has 0 atom stereocenters. The number of methoxy groups -OCH3 is 1. The maximum Gasteiger partial charge on any atom is 0.303 e. The molecule has 0 bridgehead atoms. The number of ether oxygens (including phenoxy) is 1. The number of aliphatic carboxylic acids is 1. The van der Waals surface area contributed by atoms with Crippen molar-refractivity contribution < 1.29 is 14.6 Å². The second-order valence-electron chi connectivity index (χ2n) is 4.30. The van der Waals surface area contributed by atoms with Crippen LogP contribution >= 0.6 is 0 Å². The van der Waals surface area contributed by atoms with Crippen LogP contribution in [0, 0.1) is 5.41 Å². The summed E-state index contributed by atoms with van der Waals surface area (Å²) in [6.45, 7) is 2.46. The molecule has 1 aliphatic carbocycles. The van der Waals surface area contributed by atoms with E-state index < -0.39 is 5.97 Å². The van der Waals surface area contributed by atoms with Crippen LogP contribution in [0.25, 0.3) is 0 Å². The lowest BCUT2D eigenvalue weighted by molar-refractivity contribution is -0.138. The lowest BCUT2D eigenvalue weighted by atomic mass is 10.0. The summed E-state index contributed by atoms with van der Waals surface area (Å²) in [6.07, 6.45) is 2.41. The molecular weight excluding hydrogens is 182 g/mol. The van der Waals surface area contributed by atoms with E-state index in [4.69, 9.17) is 9.84 Å². The molecule has 4 nitrogen and oxygen atoms in total. The van der Waals surface area contributed by atoms with Crippen molar-refractivity contribution in [1.29, 1.82) is 0 Å². The zero-order valence-electron chi connectivity index (χ0n) is 8.95. The molecule has 0 amide bonds. The molecule has 0 aromatic rings. The average Bonchev–Trinajstić information content (AvgIpc) is 2.80. The van der Waals surface area contributed by atoms with Gasteiger partial charge >= 0.3 is 5.97 Å². The third kappa shape index (κ3) is 3.64. The van der Waals surface area contributed by atoms with E-state index in [0.717, 1.165) is 25.9 Å². The Morgan fingerprint density at radius 1 is 1.57 bits per heavy atom. The first-order chi connectivity index (χ1) is 6.58. The van der Waals surface area contributed by atoms with Crippen molar-refractivity contribution in [1.82, 2.24) is 4.90 Å². The normalized spacial score (nSPS) is 18.5. The minimum atomic E-state index is -0.678. The first kappa shape index (κ1) is 11.5. The number of carboxylic acids is 1. The van der Waals surface area contributed by atoms with Gasteiger partial charge in [-0.05, 0) is 25.3 Å². The van der Waals surface area contributed by atoms with Crippen LogP contribution in [0.15, 0.2) is 0 Å². The molecule has 1 saturated carbocycles. The van der Waals surface area contributed by atoms with Gasteiger partial charge in [0, 0.05) is 20.2 Å². The minimum absolute atomic E-state index is 0.0638. The number of hydrogen-bond acceptors (Lipinski definition) is 3. The molecule has 14 heavy (non-hydrogen) atoms. The number of nitrogens with zero attached hydrogens (tertiary/aromatic N) is 1. The lowest BCUT2D eigenvalue weighted by Crippen LogP contribution is -2.30. The Bertz CT molecular complexity index is 202. The standard InChI is InChI=1S/C10H19NO3/c1-11(5-6-14-2)8-10(3-4-10)7-9(12)13/h3-8H2,1-2H3,(H,12,13). The molecule has 0 aromatic heterocycles. The van der Waals surface area contributed by atoms with Crippen molar-refractivity contribution >= 4 is 5.97 Å². The van der Waals surface area contributed by atoms with Crippen LogP contribution in [0.4, 0.5) is 0 Å². The van der Waals surface area contributed by atoms with Crippen molar-refractivity contribution in [3.05, 3.63) is 0 Å². The van der Waals surface area contributed by atoms with E-state index in [1.54, 1.807) is 7.11 Å². The minimum Gasteiger partial charge on any atom is -0.481 e. The third-order valence-electron chi connectivity index (χ3n) is 2.77. The molecule has 82 valence electrons. The third-order valence-corrected chi connectivity index (χ3v) is 2.77. The summed E-state index contributed by atoms with van der Waals surface area (Å²) in [4.78, 5) is 12.8. The summed E-state index contributed by atoms with van der Waals surface area (Å²) in [5, 5.41) is 8.73. The van der Waals surface area contributed by atoms with E-state index in [1.165, 1.54) is 0 Å². The number of hydrogen-bond donors (Lipinski definition) is 1. The molecule has 1 aliphatic rings. The van der Waals surface area contributed by atoms with Gasteiger partial charge in [-0.25, -0.2) is 0 Å². The Labute approximate surface area is 84.8 Å². The first-order valence-electron chi connectivity index (χ1n) is 4.97. The second-order valence-corrected chi connectivity index (χ2v) is 4.30. The van der Waals surface area contributed by atoms with Crippen molar-refractivity contribution in [3.63, 3.8) is 0 Å². The van der Waals surface area contributed by atoms with Crippen molar-refractivity contribution in [3.8, 4) is 0 Å². The summed E-state index contributed by atoms with van der Waals surface area (Å²) in [6, 6.07) is 0. The fourth-order valence-corrected chi connectivity index (χ4v) is 1.79. The number of carbonyl (C=O) groups is 1. The van der Waals surface area contributed by atoms with Gasteiger partial charge in [-0.15, -0.1) is 0 Å². The Kier molecular flexibility index (Phi) is 3.89. The van der Waals surface area contributed by atoms with Crippen LogP contribution in [0.1, 0.15) is 19.3 Å². The lowest BCUT2D eigenvalue weighted by Gasteiger charge is -2.21. The molecule has 0 saturated heterocycles. The molecule has 0 aliphatic heterocycles. The highest BCUT2D eigenvalue weighted by Gasteiger charge is 2.44. The Morgan fingerprint density at radius 3 is 2.64 bits per heavy atom. The van der Waals surface area contributed by atoms with Crippen molar-refractivity contribution in [2.75, 3.05) is 33.9 Å². The summed E-state index contributed by atoms with van der Waals surface area (Å²) in [5.41, 5.74) is 0.0638. The zero-order valence-corrected chi connectivity index (χ0v) is 8.95. The van der Waals surface area contributed by atoms with Crippen LogP contribution in [-0.4, -0.2) is 49.8 Å². The zero-order chi connectivity index (χ0) is 10.6. The highest BCUT2D eigenvalue weighted by Crippen LogP contribution is 2.49. The van der Waals surface area contributed by atoms with Gasteiger partial charge in [0.15, 0.2) is 0 Å². The number of likely N-dealkylation sites (N-methyl/N-ethyl adjacent to an activating group) is 1. The van der Waals surface area contributed by atoms with Crippen LogP contribution in [0.3, 0.4) is 0 Å². The first-order valence-corrected chi connectivity index (χ1v) is 4.97. The van der Waals surface area contributed by atoms with Gasteiger partial charge in [0.05, 0.1) is 13.0 Å². The number of carboxylic acid groups (broad SMARTS) is 1. The molecule has 0 unspecified atom stereocenters. The maximum absolute atomic E-state index is 10.6. The highest BCUT2D eigenvalue weighted by molar-refractivity contribution is 5.68. The van der Waals surface area contributed by atoms with E-state index in [9.17, 15) is 4.79 Å². The highest BCUT2D eigenvalue weighted by atomic mass is 16.5.